The van der Waals surface area contributed by atoms with Crippen LogP contribution < -0.4 is 15.8 Å². The molecule has 3 N–H and O–H groups in total. The van der Waals surface area contributed by atoms with Gasteiger partial charge in [0.25, 0.3) is 0 Å². The molecule has 5 nitrogen and oxygen atoms in total. The van der Waals surface area contributed by atoms with Gasteiger partial charge in [-0.1, -0.05) is 12.1 Å². The van der Waals surface area contributed by atoms with E-state index in [9.17, 15) is 0 Å². The zero-order valence-electron chi connectivity index (χ0n) is 12.0. The summed E-state index contributed by atoms with van der Waals surface area (Å²) in [6, 6.07) is 8.48. The number of hydrogen-bond donors (Lipinski definition) is 2. The minimum Gasteiger partial charge on any atom is -0.493 e. The van der Waals surface area contributed by atoms with Gasteiger partial charge >= 0.3 is 0 Å². The van der Waals surface area contributed by atoms with E-state index < -0.39 is 0 Å². The summed E-state index contributed by atoms with van der Waals surface area (Å²) < 4.78 is 10.6. The van der Waals surface area contributed by atoms with Gasteiger partial charge < -0.3 is 20.5 Å². The number of nitrogens with two attached hydrogens (primary N) is 1. The molecule has 1 saturated carbocycles. The van der Waals surface area contributed by atoms with Crippen LogP contribution in [0.25, 0.3) is 0 Å². The van der Waals surface area contributed by atoms with E-state index in [0.717, 1.165) is 17.7 Å². The lowest BCUT2D eigenvalue weighted by Gasteiger charge is -2.07. The summed E-state index contributed by atoms with van der Waals surface area (Å²) in [4.78, 5) is 4.33. The maximum Gasteiger partial charge on any atom is 0.189 e. The fourth-order valence-electron chi connectivity index (χ4n) is 1.79. The van der Waals surface area contributed by atoms with Crippen molar-refractivity contribution in [2.45, 2.75) is 31.8 Å². The Morgan fingerprint density at radius 3 is 3.00 bits per heavy atom. The van der Waals surface area contributed by atoms with Crippen LogP contribution in [-0.2, 0) is 11.3 Å². The summed E-state index contributed by atoms with van der Waals surface area (Å²) in [7, 11) is 1.69. The molecule has 0 amide bonds. The molecule has 1 fully saturated rings. The highest BCUT2D eigenvalue weighted by atomic mass is 16.5. The van der Waals surface area contributed by atoms with Crippen LogP contribution in [-0.4, -0.2) is 32.3 Å². The number of hydrogen-bond acceptors (Lipinski definition) is 3. The van der Waals surface area contributed by atoms with Crippen LogP contribution in [0.2, 0.25) is 0 Å². The van der Waals surface area contributed by atoms with Gasteiger partial charge in [0.15, 0.2) is 5.96 Å². The molecule has 0 bridgehead atoms. The molecule has 110 valence electrons. The minimum absolute atomic E-state index is 0.527. The zero-order valence-corrected chi connectivity index (χ0v) is 12.0. The Balaban J connectivity index is 1.78. The minimum atomic E-state index is 0.527. The molecule has 0 radical (unpaired) electrons. The van der Waals surface area contributed by atoms with Crippen molar-refractivity contribution in [1.29, 1.82) is 0 Å². The Hall–Kier alpha value is -1.75. The van der Waals surface area contributed by atoms with Crippen LogP contribution in [0.15, 0.2) is 29.3 Å². The third-order valence-electron chi connectivity index (χ3n) is 3.02. The molecule has 1 aliphatic carbocycles. The van der Waals surface area contributed by atoms with E-state index in [1.54, 1.807) is 7.11 Å². The normalized spacial score (nSPS) is 15.2. The average Bonchev–Trinajstić information content (AvgIpc) is 3.26. The van der Waals surface area contributed by atoms with Gasteiger partial charge in [-0.25, -0.2) is 4.99 Å². The second kappa shape index (κ2) is 7.75. The lowest BCUT2D eigenvalue weighted by Crippen LogP contribution is -2.33. The second-order valence-electron chi connectivity index (χ2n) is 4.96. The van der Waals surface area contributed by atoms with Crippen molar-refractivity contribution in [3.8, 4) is 5.75 Å². The summed E-state index contributed by atoms with van der Waals surface area (Å²) in [6.45, 7) is 1.94. The largest absolute Gasteiger partial charge is 0.493 e. The number of methoxy groups -OCH3 is 1. The average molecular weight is 277 g/mol. The van der Waals surface area contributed by atoms with Gasteiger partial charge in [-0.15, -0.1) is 0 Å². The topological polar surface area (TPSA) is 68.9 Å². The Morgan fingerprint density at radius 1 is 1.40 bits per heavy atom. The highest BCUT2D eigenvalue weighted by Gasteiger charge is 2.21. The number of aliphatic imine (C=N–C) groups is 1. The molecular weight excluding hydrogens is 254 g/mol. The summed E-state index contributed by atoms with van der Waals surface area (Å²) in [5, 5.41) is 3.17. The first-order valence-electron chi connectivity index (χ1n) is 7.05. The Morgan fingerprint density at radius 2 is 2.25 bits per heavy atom. The van der Waals surface area contributed by atoms with Crippen LogP contribution in [0.3, 0.4) is 0 Å². The smallest absolute Gasteiger partial charge is 0.189 e. The quantitative estimate of drug-likeness (QED) is 0.431. The number of rotatable bonds is 8. The molecule has 0 heterocycles. The molecule has 5 heteroatoms. The predicted octanol–water partition coefficient (Wildman–Crippen LogP) is 1.67. The monoisotopic (exact) mass is 277 g/mol. The highest BCUT2D eigenvalue weighted by Crippen LogP contribution is 2.18. The van der Waals surface area contributed by atoms with Gasteiger partial charge in [-0.3, -0.25) is 0 Å². The molecule has 0 saturated heterocycles. The molecule has 0 atom stereocenters. The fourth-order valence-corrected chi connectivity index (χ4v) is 1.79. The van der Waals surface area contributed by atoms with Crippen molar-refractivity contribution in [2.75, 3.05) is 20.3 Å². The summed E-state index contributed by atoms with van der Waals surface area (Å²) in [5.74, 6) is 1.39. The van der Waals surface area contributed by atoms with Crippen molar-refractivity contribution in [3.63, 3.8) is 0 Å². The van der Waals surface area contributed by atoms with Gasteiger partial charge in [-0.05, 0) is 30.5 Å². The molecule has 1 aliphatic rings. The molecule has 0 aliphatic heterocycles. The van der Waals surface area contributed by atoms with Crippen LogP contribution >= 0.6 is 0 Å². The Kier molecular flexibility index (Phi) is 5.68. The molecule has 2 rings (SSSR count). The highest BCUT2D eigenvalue weighted by molar-refractivity contribution is 5.78. The predicted molar refractivity (Wildman–Crippen MR) is 79.9 cm³/mol. The van der Waals surface area contributed by atoms with Gasteiger partial charge in [0.1, 0.15) is 5.75 Å². The number of benzene rings is 1. The second-order valence-corrected chi connectivity index (χ2v) is 4.96. The zero-order chi connectivity index (χ0) is 14.2. The third kappa shape index (κ3) is 5.48. The number of nitrogens with one attached hydrogen (secondary N) is 1. The van der Waals surface area contributed by atoms with Crippen LogP contribution in [0.4, 0.5) is 0 Å². The van der Waals surface area contributed by atoms with E-state index in [-0.39, 0.29) is 0 Å². The van der Waals surface area contributed by atoms with E-state index in [1.165, 1.54) is 12.8 Å². The molecule has 1 aromatic carbocycles. The third-order valence-corrected chi connectivity index (χ3v) is 3.02. The van der Waals surface area contributed by atoms with Gasteiger partial charge in [0.05, 0.1) is 13.2 Å². The van der Waals surface area contributed by atoms with Gasteiger partial charge in [0.2, 0.25) is 0 Å². The summed E-state index contributed by atoms with van der Waals surface area (Å²) >= 11 is 0. The van der Waals surface area contributed by atoms with Gasteiger partial charge in [0, 0.05) is 26.2 Å². The molecule has 0 aromatic heterocycles. The van der Waals surface area contributed by atoms with E-state index in [2.05, 4.69) is 10.3 Å². The lowest BCUT2D eigenvalue weighted by atomic mass is 10.2. The standard InChI is InChI=1S/C15H23N3O2/c1-19-8-3-9-20-14-5-2-4-12(10-14)11-17-15(16)18-13-6-7-13/h2,4-5,10,13H,3,6-9,11H2,1H3,(H3,16,17,18). The maximum atomic E-state index is 5.81. The first-order valence-corrected chi connectivity index (χ1v) is 7.05. The summed E-state index contributed by atoms with van der Waals surface area (Å²) in [5.41, 5.74) is 6.90. The Labute approximate surface area is 120 Å². The molecule has 0 unspecified atom stereocenters. The van der Waals surface area contributed by atoms with E-state index in [0.29, 0.717) is 31.8 Å². The lowest BCUT2D eigenvalue weighted by molar-refractivity contribution is 0.172. The first-order chi connectivity index (χ1) is 9.78. The van der Waals surface area contributed by atoms with E-state index in [1.807, 2.05) is 24.3 Å². The number of ether oxygens (including phenoxy) is 2. The molecule has 1 aromatic rings. The first kappa shape index (κ1) is 14.7. The van der Waals surface area contributed by atoms with Crippen molar-refractivity contribution in [3.05, 3.63) is 29.8 Å². The van der Waals surface area contributed by atoms with Crippen molar-refractivity contribution < 1.29 is 9.47 Å². The van der Waals surface area contributed by atoms with E-state index in [4.69, 9.17) is 15.2 Å². The van der Waals surface area contributed by atoms with Crippen molar-refractivity contribution >= 4 is 5.96 Å². The Bertz CT molecular complexity index is 444. The van der Waals surface area contributed by atoms with Crippen molar-refractivity contribution in [2.24, 2.45) is 10.7 Å². The van der Waals surface area contributed by atoms with Crippen LogP contribution in [0, 0.1) is 0 Å². The maximum absolute atomic E-state index is 5.81. The molecule has 20 heavy (non-hydrogen) atoms. The molecule has 0 spiro atoms. The van der Waals surface area contributed by atoms with Crippen LogP contribution in [0.1, 0.15) is 24.8 Å². The van der Waals surface area contributed by atoms with Crippen LogP contribution in [0.5, 0.6) is 5.75 Å². The number of nitrogens with zero attached hydrogens (tertiary/aromatic N) is 1. The van der Waals surface area contributed by atoms with E-state index >= 15 is 0 Å². The van der Waals surface area contributed by atoms with Crippen molar-refractivity contribution in [1.82, 2.24) is 5.32 Å². The SMILES string of the molecule is COCCCOc1cccc(CN=C(N)NC2CC2)c1. The van der Waals surface area contributed by atoms with Gasteiger partial charge in [-0.2, -0.15) is 0 Å². The fraction of sp³-hybridized carbons (Fsp3) is 0.533. The molecular formula is C15H23N3O2. The summed E-state index contributed by atoms with van der Waals surface area (Å²) in [6.07, 6.45) is 3.28. The number of guanidine groups is 1.